The minimum atomic E-state index is 0.887. The van der Waals surface area contributed by atoms with E-state index in [0.29, 0.717) is 0 Å². The summed E-state index contributed by atoms with van der Waals surface area (Å²) in [5.74, 6) is 0. The van der Waals surface area contributed by atoms with Crippen LogP contribution >= 0.6 is 0 Å². The van der Waals surface area contributed by atoms with Crippen LogP contribution in [0.3, 0.4) is 0 Å². The van der Waals surface area contributed by atoms with E-state index in [2.05, 4.69) is 179 Å². The Balaban J connectivity index is 0.808. The van der Waals surface area contributed by atoms with Crippen LogP contribution in [-0.2, 0) is 25.7 Å². The lowest BCUT2D eigenvalue weighted by atomic mass is 9.89. The van der Waals surface area contributed by atoms with E-state index in [9.17, 15) is 0 Å². The monoisotopic (exact) mass is 923 g/mol. The van der Waals surface area contributed by atoms with E-state index < -0.39 is 0 Å². The molecule has 0 bridgehead atoms. The van der Waals surface area contributed by atoms with Crippen molar-refractivity contribution in [3.05, 3.63) is 248 Å². The highest BCUT2D eigenvalue weighted by molar-refractivity contribution is 6.11. The van der Waals surface area contributed by atoms with Crippen LogP contribution in [0.15, 0.2) is 225 Å². The summed E-state index contributed by atoms with van der Waals surface area (Å²) < 4.78 is 4.31. The van der Waals surface area contributed by atoms with Crippen LogP contribution in [0.2, 0.25) is 0 Å². The first-order chi connectivity index (χ1) is 35.6. The largest absolute Gasteiger partial charge is 0.298 e. The van der Waals surface area contributed by atoms with E-state index in [1.807, 2.05) is 55.5 Å². The second-order valence-electron chi connectivity index (χ2n) is 18.9. The normalized spacial score (nSPS) is 11.8. The van der Waals surface area contributed by atoms with Gasteiger partial charge in [-0.3, -0.25) is 23.8 Å². The standard InChI is InChI=1S/C65H45N7/c1-2-8-46(9-3-1)49-24-25-50-41-70-59(40-51(50)39-49)48-22-20-47(21-23-48)53-10-4-5-11-54(53)52-35-44(16-14-42-18-26-55-57(37-42)64-68-30-32-71(64)60-12-6-28-66-62(55)60)34-45(36-52)17-15-43-19-27-56-58(38-43)65-69-31-33-72(65)61-13-7-29-67-63(56)61/h1-13,18-41H,14-17H2. The number of fused-ring (bicyclic) bond motifs is 13. The molecule has 0 atom stereocenters. The highest BCUT2D eigenvalue weighted by atomic mass is 15.0. The molecule has 14 rings (SSSR count). The van der Waals surface area contributed by atoms with Crippen molar-refractivity contribution < 1.29 is 0 Å². The van der Waals surface area contributed by atoms with Crippen molar-refractivity contribution in [3.8, 4) is 44.6 Å². The van der Waals surface area contributed by atoms with Gasteiger partial charge in [-0.1, -0.05) is 133 Å². The van der Waals surface area contributed by atoms with Crippen LogP contribution in [0.25, 0.3) is 110 Å². The zero-order valence-electron chi connectivity index (χ0n) is 39.3. The van der Waals surface area contributed by atoms with Gasteiger partial charge in [0, 0.05) is 75.9 Å². The molecule has 0 spiro atoms. The number of rotatable bonds is 10. The first-order valence-corrected chi connectivity index (χ1v) is 24.7. The Morgan fingerprint density at radius 1 is 0.319 bits per heavy atom. The highest BCUT2D eigenvalue weighted by Gasteiger charge is 2.16. The number of hydrogen-bond acceptors (Lipinski definition) is 5. The van der Waals surface area contributed by atoms with Crippen LogP contribution in [-0.4, -0.2) is 33.7 Å². The molecule has 0 aliphatic carbocycles. The Hall–Kier alpha value is -9.33. The van der Waals surface area contributed by atoms with Crippen molar-refractivity contribution in [2.45, 2.75) is 25.7 Å². The van der Waals surface area contributed by atoms with Crippen molar-refractivity contribution in [3.63, 3.8) is 0 Å². The van der Waals surface area contributed by atoms with E-state index in [-0.39, 0.29) is 0 Å². The van der Waals surface area contributed by atoms with Crippen molar-refractivity contribution in [1.29, 1.82) is 0 Å². The SMILES string of the molecule is c1ccc(-c2ccc3cnc(-c4ccc(-c5ccccc5-c5cc(CCc6ccc7c(c6)c6nccn6c6cccnc76)cc(CCc6ccc7c(c6)c6nccn6c6cccnc76)c5)cc4)cc3c2)cc1. The summed E-state index contributed by atoms with van der Waals surface area (Å²) in [6.45, 7) is 0. The molecule has 0 fully saturated rings. The van der Waals surface area contributed by atoms with Gasteiger partial charge in [-0.05, 0) is 135 Å². The molecule has 7 aromatic carbocycles. The minimum absolute atomic E-state index is 0.887. The van der Waals surface area contributed by atoms with Crippen LogP contribution < -0.4 is 0 Å². The number of nitrogens with zero attached hydrogens (tertiary/aromatic N) is 7. The predicted molar refractivity (Wildman–Crippen MR) is 294 cm³/mol. The third-order valence-electron chi connectivity index (χ3n) is 14.5. The molecule has 0 aliphatic heterocycles. The average molecular weight is 924 g/mol. The molecule has 0 unspecified atom stereocenters. The maximum absolute atomic E-state index is 4.91. The van der Waals surface area contributed by atoms with Gasteiger partial charge in [0.05, 0.1) is 27.8 Å². The molecule has 7 heteroatoms. The fourth-order valence-electron chi connectivity index (χ4n) is 11.0. The summed E-state index contributed by atoms with van der Waals surface area (Å²) in [6, 6.07) is 66.2. The quantitative estimate of drug-likeness (QED) is 0.128. The summed E-state index contributed by atoms with van der Waals surface area (Å²) in [5, 5.41) is 6.80. The fraction of sp³-hybridized carbons (Fsp3) is 0.0615. The van der Waals surface area contributed by atoms with E-state index in [1.165, 1.54) is 61.0 Å². The molecule has 7 nitrogen and oxygen atoms in total. The van der Waals surface area contributed by atoms with Crippen LogP contribution in [0.1, 0.15) is 22.3 Å². The second kappa shape index (κ2) is 17.3. The smallest absolute Gasteiger partial charge is 0.145 e. The van der Waals surface area contributed by atoms with Crippen molar-refractivity contribution in [2.24, 2.45) is 0 Å². The summed E-state index contributed by atoms with van der Waals surface area (Å²) >= 11 is 0. The Morgan fingerprint density at radius 3 is 1.50 bits per heavy atom. The summed E-state index contributed by atoms with van der Waals surface area (Å²) in [7, 11) is 0. The number of hydrogen-bond donors (Lipinski definition) is 0. The number of aromatic nitrogens is 7. The van der Waals surface area contributed by atoms with Gasteiger partial charge in [0.1, 0.15) is 11.3 Å². The lowest BCUT2D eigenvalue weighted by Crippen LogP contribution is -1.99. The maximum atomic E-state index is 4.91. The first kappa shape index (κ1) is 41.6. The van der Waals surface area contributed by atoms with E-state index in [4.69, 9.17) is 24.9 Å². The third-order valence-corrected chi connectivity index (χ3v) is 14.5. The lowest BCUT2D eigenvalue weighted by molar-refractivity contribution is 0.933. The molecule has 340 valence electrons. The number of imidazole rings is 2. The number of pyridine rings is 5. The van der Waals surface area contributed by atoms with E-state index in [1.54, 1.807) is 0 Å². The predicted octanol–water partition coefficient (Wildman–Crippen LogP) is 15.2. The molecular weight excluding hydrogens is 879 g/mol. The molecule has 7 aromatic heterocycles. The topological polar surface area (TPSA) is 73.3 Å². The zero-order valence-corrected chi connectivity index (χ0v) is 39.3. The molecule has 0 saturated carbocycles. The van der Waals surface area contributed by atoms with Gasteiger partial charge in [0.2, 0.25) is 0 Å². The summed E-state index contributed by atoms with van der Waals surface area (Å²) in [5.41, 5.74) is 20.5. The molecule has 0 amide bonds. The van der Waals surface area contributed by atoms with Gasteiger partial charge < -0.3 is 0 Å². The van der Waals surface area contributed by atoms with E-state index >= 15 is 0 Å². The fourth-order valence-corrected chi connectivity index (χ4v) is 11.0. The molecule has 0 N–H and O–H groups in total. The number of aryl methyl sites for hydroxylation is 4. The van der Waals surface area contributed by atoms with Crippen LogP contribution in [0.4, 0.5) is 0 Å². The molecule has 0 aliphatic rings. The lowest BCUT2D eigenvalue weighted by Gasteiger charge is -2.15. The second-order valence-corrected chi connectivity index (χ2v) is 18.9. The molecule has 7 heterocycles. The van der Waals surface area contributed by atoms with Gasteiger partial charge >= 0.3 is 0 Å². The zero-order chi connectivity index (χ0) is 47.5. The van der Waals surface area contributed by atoms with E-state index in [0.717, 1.165) is 97.2 Å². The van der Waals surface area contributed by atoms with Gasteiger partial charge in [0.25, 0.3) is 0 Å². The minimum Gasteiger partial charge on any atom is -0.298 e. The van der Waals surface area contributed by atoms with Crippen molar-refractivity contribution in [1.82, 2.24) is 33.7 Å². The van der Waals surface area contributed by atoms with Gasteiger partial charge in [0.15, 0.2) is 0 Å². The van der Waals surface area contributed by atoms with Gasteiger partial charge in [-0.25, -0.2) is 9.97 Å². The summed E-state index contributed by atoms with van der Waals surface area (Å²) in [4.78, 5) is 24.1. The average Bonchev–Trinajstić information content (AvgIpc) is 4.17. The molecule has 72 heavy (non-hydrogen) atoms. The Morgan fingerprint density at radius 2 is 0.875 bits per heavy atom. The van der Waals surface area contributed by atoms with Gasteiger partial charge in [-0.15, -0.1) is 0 Å². The molecular formula is C65H45N7. The maximum Gasteiger partial charge on any atom is 0.145 e. The molecule has 0 radical (unpaired) electrons. The highest BCUT2D eigenvalue weighted by Crippen LogP contribution is 2.37. The van der Waals surface area contributed by atoms with Crippen molar-refractivity contribution in [2.75, 3.05) is 0 Å². The third kappa shape index (κ3) is 7.33. The Bertz CT molecular complexity index is 4220. The number of benzene rings is 7. The van der Waals surface area contributed by atoms with Crippen molar-refractivity contribution >= 4 is 65.7 Å². The first-order valence-electron chi connectivity index (χ1n) is 24.7. The van der Waals surface area contributed by atoms with Crippen LogP contribution in [0.5, 0.6) is 0 Å². The Kier molecular flexibility index (Phi) is 9.98. The van der Waals surface area contributed by atoms with Gasteiger partial charge in [-0.2, -0.15) is 0 Å². The Labute approximate surface area is 415 Å². The molecule has 14 aromatic rings. The van der Waals surface area contributed by atoms with Crippen LogP contribution in [0, 0.1) is 0 Å². The molecule has 0 saturated heterocycles. The summed E-state index contributed by atoms with van der Waals surface area (Å²) in [6.07, 6.45) is 17.1.